The third-order valence-corrected chi connectivity index (χ3v) is 15.5. The summed E-state index contributed by atoms with van der Waals surface area (Å²) in [7, 11) is 0. The van der Waals surface area contributed by atoms with Crippen LogP contribution in [0.1, 0.15) is 50.3 Å². The van der Waals surface area contributed by atoms with Crippen molar-refractivity contribution in [1.29, 1.82) is 0 Å². The zero-order chi connectivity index (χ0) is 26.9. The molecule has 0 N–H and O–H groups in total. The van der Waals surface area contributed by atoms with E-state index in [4.69, 9.17) is 8.05 Å². The summed E-state index contributed by atoms with van der Waals surface area (Å²) in [6.07, 6.45) is 3.23. The number of carbonyl (C=O) groups excluding carboxylic acids is 1. The first-order valence-electron chi connectivity index (χ1n) is 13.9. The Balaban J connectivity index is 1.31. The number of rotatable bonds is 7. The molecule has 1 aromatic heterocycles. The second-order valence-corrected chi connectivity index (χ2v) is 16.9. The maximum absolute atomic E-state index is 14.3. The smallest absolute Gasteiger partial charge is 0.0336 e. The molecule has 4 saturated heterocycles. The van der Waals surface area contributed by atoms with Crippen molar-refractivity contribution in [2.45, 2.75) is 59.7 Å². The van der Waals surface area contributed by atoms with Crippen molar-refractivity contribution in [2.75, 3.05) is 68.8 Å². The molecule has 1 spiro atoms. The second-order valence-electron chi connectivity index (χ2n) is 10.9. The Kier molecular flexibility index (Phi) is 8.82. The molecule has 0 saturated carbocycles. The van der Waals surface area contributed by atoms with Crippen LogP contribution in [0.2, 0.25) is 8.23 Å². The zero-order valence-electron chi connectivity index (χ0n) is 22.6. The Hall–Kier alpha value is -1.48. The number of alkyl halides is 2. The van der Waals surface area contributed by atoms with Gasteiger partial charge in [0.15, 0.2) is 0 Å². The fraction of sp³-hybridized carbons (Fsp3) is 0.704. The van der Waals surface area contributed by atoms with E-state index in [1.165, 1.54) is 6.08 Å². The summed E-state index contributed by atoms with van der Waals surface area (Å²) in [4.78, 5) is 32.7. The summed E-state index contributed by atoms with van der Waals surface area (Å²) in [5.41, 5.74) is 1.56. The number of nitrogens with zero attached hydrogens (tertiary/aromatic N) is 5. The third kappa shape index (κ3) is 5.56. The SMILES string of the molecule is C=CC(=O)N1CCN(C2CN(c3cc(N4CC[C]5(CCO[O][Sb]5[CH3])CC4)nc(C(F)F)c3CCC)C2)CC1. The van der Waals surface area contributed by atoms with Crippen molar-refractivity contribution < 1.29 is 21.6 Å². The van der Waals surface area contributed by atoms with Crippen LogP contribution in [0.4, 0.5) is 20.3 Å². The van der Waals surface area contributed by atoms with E-state index in [1.54, 1.807) is 0 Å². The summed E-state index contributed by atoms with van der Waals surface area (Å²) in [5.74, 6) is 0.663. The molecule has 0 atom stereocenters. The van der Waals surface area contributed by atoms with E-state index in [0.717, 1.165) is 70.6 Å². The summed E-state index contributed by atoms with van der Waals surface area (Å²) in [5, 5.41) is 0. The molecule has 0 bridgehead atoms. The van der Waals surface area contributed by atoms with Crippen LogP contribution in [0.3, 0.4) is 0 Å². The minimum atomic E-state index is -2.60. The monoisotopic (exact) mass is 641 g/mol. The van der Waals surface area contributed by atoms with Gasteiger partial charge >= 0.3 is 192 Å². The average molecular weight is 642 g/mol. The fourth-order valence-corrected chi connectivity index (χ4v) is 11.0. The first-order chi connectivity index (χ1) is 18.3. The zero-order valence-corrected chi connectivity index (χ0v) is 25.1. The molecule has 0 radical (unpaired) electrons. The van der Waals surface area contributed by atoms with E-state index >= 15 is 0 Å². The van der Waals surface area contributed by atoms with Gasteiger partial charge in [0.25, 0.3) is 0 Å². The van der Waals surface area contributed by atoms with Crippen LogP contribution >= 0.6 is 0 Å². The van der Waals surface area contributed by atoms with E-state index in [2.05, 4.69) is 37.2 Å². The summed E-state index contributed by atoms with van der Waals surface area (Å²) >= 11 is -1.94. The van der Waals surface area contributed by atoms with Gasteiger partial charge in [-0.3, -0.25) is 4.79 Å². The van der Waals surface area contributed by atoms with E-state index in [-0.39, 0.29) is 15.0 Å². The van der Waals surface area contributed by atoms with Crippen molar-refractivity contribution >= 4 is 38.0 Å². The van der Waals surface area contributed by atoms with Gasteiger partial charge in [0.1, 0.15) is 0 Å². The maximum atomic E-state index is 14.3. The van der Waals surface area contributed by atoms with Crippen molar-refractivity contribution in [3.63, 3.8) is 0 Å². The normalized spacial score (nSPS) is 23.2. The number of hydrogen-bond donors (Lipinski definition) is 0. The van der Waals surface area contributed by atoms with Crippen molar-refractivity contribution in [1.82, 2.24) is 14.8 Å². The molecule has 210 valence electrons. The van der Waals surface area contributed by atoms with E-state index in [0.29, 0.717) is 43.5 Å². The molecule has 38 heavy (non-hydrogen) atoms. The van der Waals surface area contributed by atoms with E-state index in [9.17, 15) is 13.6 Å². The van der Waals surface area contributed by atoms with Crippen molar-refractivity contribution in [3.05, 3.63) is 30.0 Å². The minimum Gasteiger partial charge on any atom is 0.0336 e. The molecule has 4 aliphatic heterocycles. The number of pyridine rings is 1. The molecule has 0 aromatic carbocycles. The number of carbonyl (C=O) groups is 1. The molecule has 8 nitrogen and oxygen atoms in total. The summed E-state index contributed by atoms with van der Waals surface area (Å²) < 4.78 is 34.6. The van der Waals surface area contributed by atoms with Crippen molar-refractivity contribution in [3.8, 4) is 0 Å². The van der Waals surface area contributed by atoms with Gasteiger partial charge in [0.05, 0.1) is 0 Å². The van der Waals surface area contributed by atoms with E-state index in [1.807, 2.05) is 11.8 Å². The molecular weight excluding hydrogens is 602 g/mol. The van der Waals surface area contributed by atoms with Gasteiger partial charge < -0.3 is 4.90 Å². The molecule has 0 unspecified atom stereocenters. The van der Waals surface area contributed by atoms with Gasteiger partial charge in [0.2, 0.25) is 5.91 Å². The first-order valence-corrected chi connectivity index (χ1v) is 18.7. The van der Waals surface area contributed by atoms with Crippen LogP contribution in [0.15, 0.2) is 18.7 Å². The standard InChI is InChI=1S/C26H38F2N5O3.CH3.Sb/c1-3-5-21-22(33-17-20(18-33)30-11-13-32(14-12-30)24(34)4-2)16-23(29-25(21)26(27)28)31-9-6-19(7-10-31)8-15-36-35;;/h4,16,20,26,35H,2-3,5-15,17-18H2,1H3;1H3;/q;;+1/p-1. The first kappa shape index (κ1) is 28.1. The fourth-order valence-electron chi connectivity index (χ4n) is 6.32. The predicted molar refractivity (Wildman–Crippen MR) is 145 cm³/mol. The average Bonchev–Trinajstić information content (AvgIpc) is 2.90. The van der Waals surface area contributed by atoms with E-state index < -0.39 is 27.1 Å². The summed E-state index contributed by atoms with van der Waals surface area (Å²) in [6.45, 7) is 12.6. The van der Waals surface area contributed by atoms with Crippen LogP contribution in [0.25, 0.3) is 0 Å². The van der Waals surface area contributed by atoms with Crippen molar-refractivity contribution in [2.24, 2.45) is 0 Å². The summed E-state index contributed by atoms with van der Waals surface area (Å²) in [6, 6.07) is 2.44. The Morgan fingerprint density at radius 1 is 1.18 bits per heavy atom. The Morgan fingerprint density at radius 2 is 1.89 bits per heavy atom. The van der Waals surface area contributed by atoms with Gasteiger partial charge in [-0.2, -0.15) is 0 Å². The number of aromatic nitrogens is 1. The number of piperidine rings is 1. The second kappa shape index (κ2) is 11.9. The Morgan fingerprint density at radius 3 is 2.50 bits per heavy atom. The topological polar surface area (TPSA) is 61.4 Å². The molecule has 5 heterocycles. The molecule has 0 aliphatic carbocycles. The Labute approximate surface area is 232 Å². The molecular formula is C27H40F2N5O3Sb. The number of halogens is 2. The van der Waals surface area contributed by atoms with Crippen LogP contribution < -0.4 is 9.80 Å². The van der Waals surface area contributed by atoms with Crippen LogP contribution in [0, 0.1) is 0 Å². The molecule has 11 heteroatoms. The van der Waals surface area contributed by atoms with Gasteiger partial charge in [-0.15, -0.1) is 0 Å². The van der Waals surface area contributed by atoms with Gasteiger partial charge in [-0.25, -0.2) is 0 Å². The van der Waals surface area contributed by atoms with Gasteiger partial charge in [-0.05, 0) is 6.08 Å². The minimum absolute atomic E-state index is 0.0153. The van der Waals surface area contributed by atoms with Crippen LogP contribution in [0.5, 0.6) is 0 Å². The van der Waals surface area contributed by atoms with Gasteiger partial charge in [0, 0.05) is 13.1 Å². The Bertz CT molecular complexity index is 1010. The van der Waals surface area contributed by atoms with Crippen LogP contribution in [-0.4, -0.2) is 106 Å². The van der Waals surface area contributed by atoms with Crippen LogP contribution in [-0.2, 0) is 19.3 Å². The third-order valence-electron chi connectivity index (χ3n) is 8.85. The number of anilines is 2. The molecule has 1 aromatic rings. The molecule has 5 rings (SSSR count). The number of hydrogen-bond acceptors (Lipinski definition) is 7. The molecule has 1 amide bonds. The quantitative estimate of drug-likeness (QED) is 0.255. The number of piperazine rings is 1. The predicted octanol–water partition coefficient (Wildman–Crippen LogP) is 3.80. The molecule has 4 fully saturated rings. The van der Waals surface area contributed by atoms with Gasteiger partial charge in [-0.1, -0.05) is 6.58 Å². The molecule has 4 aliphatic rings. The number of amides is 1.